The highest BCUT2D eigenvalue weighted by Crippen LogP contribution is 2.33. The van der Waals surface area contributed by atoms with Gasteiger partial charge < -0.3 is 9.30 Å². The third-order valence-electron chi connectivity index (χ3n) is 3.94. The summed E-state index contributed by atoms with van der Waals surface area (Å²) in [6.45, 7) is 0.340. The van der Waals surface area contributed by atoms with E-state index in [4.69, 9.17) is 4.74 Å². The molecular weight excluding hydrogens is 276 g/mol. The maximum Gasteiger partial charge on any atom is 0.192 e. The Kier molecular flexibility index (Phi) is 3.00. The molecule has 0 spiro atoms. The van der Waals surface area contributed by atoms with E-state index in [1.807, 2.05) is 48.5 Å². The van der Waals surface area contributed by atoms with Crippen LogP contribution in [0, 0.1) is 0 Å². The van der Waals surface area contributed by atoms with Gasteiger partial charge in [0.2, 0.25) is 0 Å². The van der Waals surface area contributed by atoms with Crippen LogP contribution >= 0.6 is 0 Å². The SMILES string of the molecule is O=C1c2cc(-c3ccccc3)ccc2OCC1n1ccnc1. The summed E-state index contributed by atoms with van der Waals surface area (Å²) >= 11 is 0. The largest absolute Gasteiger partial charge is 0.490 e. The highest BCUT2D eigenvalue weighted by molar-refractivity contribution is 6.03. The molecular formula is C18H14N2O2. The molecule has 4 rings (SSSR count). The molecule has 108 valence electrons. The third-order valence-corrected chi connectivity index (χ3v) is 3.94. The van der Waals surface area contributed by atoms with E-state index in [1.54, 1.807) is 23.3 Å². The number of carbonyl (C=O) groups is 1. The minimum atomic E-state index is -0.346. The first-order valence-corrected chi connectivity index (χ1v) is 7.17. The molecule has 1 aromatic heterocycles. The Bertz CT molecular complexity index is 810. The van der Waals surface area contributed by atoms with Crippen LogP contribution in [0.3, 0.4) is 0 Å². The van der Waals surface area contributed by atoms with Crippen molar-refractivity contribution in [2.75, 3.05) is 6.61 Å². The lowest BCUT2D eigenvalue weighted by Gasteiger charge is -2.25. The average Bonchev–Trinajstić information content (AvgIpc) is 3.10. The average molecular weight is 290 g/mol. The maximum absolute atomic E-state index is 12.8. The van der Waals surface area contributed by atoms with Crippen LogP contribution in [0.1, 0.15) is 16.4 Å². The lowest BCUT2D eigenvalue weighted by atomic mass is 9.96. The fourth-order valence-electron chi connectivity index (χ4n) is 2.76. The summed E-state index contributed by atoms with van der Waals surface area (Å²) < 4.78 is 7.54. The van der Waals surface area contributed by atoms with Crippen LogP contribution in [0.15, 0.2) is 67.3 Å². The van der Waals surface area contributed by atoms with Gasteiger partial charge in [-0.2, -0.15) is 0 Å². The molecule has 4 nitrogen and oxygen atoms in total. The fraction of sp³-hybridized carbons (Fsp3) is 0.111. The second-order valence-electron chi connectivity index (χ2n) is 5.28. The van der Waals surface area contributed by atoms with Crippen molar-refractivity contribution in [3.63, 3.8) is 0 Å². The summed E-state index contributed by atoms with van der Waals surface area (Å²) in [5, 5.41) is 0. The van der Waals surface area contributed by atoms with Gasteiger partial charge in [-0.1, -0.05) is 36.4 Å². The number of rotatable bonds is 2. The van der Waals surface area contributed by atoms with Gasteiger partial charge in [0.05, 0.1) is 11.9 Å². The first-order valence-electron chi connectivity index (χ1n) is 7.17. The number of ketones is 1. The number of aromatic nitrogens is 2. The highest BCUT2D eigenvalue weighted by atomic mass is 16.5. The maximum atomic E-state index is 12.8. The molecule has 1 aliphatic rings. The van der Waals surface area contributed by atoms with E-state index in [9.17, 15) is 4.79 Å². The number of hydrogen-bond acceptors (Lipinski definition) is 3. The van der Waals surface area contributed by atoms with Crippen LogP contribution in [0.2, 0.25) is 0 Å². The number of carbonyl (C=O) groups excluding carboxylic acids is 1. The molecule has 0 bridgehead atoms. The van der Waals surface area contributed by atoms with E-state index >= 15 is 0 Å². The first-order chi connectivity index (χ1) is 10.8. The monoisotopic (exact) mass is 290 g/mol. The van der Waals surface area contributed by atoms with Gasteiger partial charge in [0.1, 0.15) is 18.4 Å². The van der Waals surface area contributed by atoms with Crippen molar-refractivity contribution in [3.8, 4) is 16.9 Å². The van der Waals surface area contributed by atoms with Crippen molar-refractivity contribution in [1.29, 1.82) is 0 Å². The third kappa shape index (κ3) is 2.09. The standard InChI is InChI=1S/C18H14N2O2/c21-18-15-10-14(13-4-2-1-3-5-13)6-7-17(15)22-11-16(18)20-9-8-19-12-20/h1-10,12,16H,11H2. The summed E-state index contributed by atoms with van der Waals surface area (Å²) in [5.41, 5.74) is 2.73. The van der Waals surface area contributed by atoms with Gasteiger partial charge in [-0.3, -0.25) is 4.79 Å². The van der Waals surface area contributed by atoms with E-state index in [-0.39, 0.29) is 11.8 Å². The number of Topliss-reactive ketones (excluding diaryl/α,β-unsaturated/α-hetero) is 1. The predicted molar refractivity (Wildman–Crippen MR) is 83.0 cm³/mol. The molecule has 1 atom stereocenters. The highest BCUT2D eigenvalue weighted by Gasteiger charge is 2.30. The summed E-state index contributed by atoms with van der Waals surface area (Å²) in [6, 6.07) is 15.4. The summed E-state index contributed by atoms with van der Waals surface area (Å²) in [6.07, 6.45) is 5.11. The molecule has 0 amide bonds. The molecule has 0 saturated carbocycles. The van der Waals surface area contributed by atoms with Crippen molar-refractivity contribution in [2.45, 2.75) is 6.04 Å². The van der Waals surface area contributed by atoms with Crippen molar-refractivity contribution in [2.24, 2.45) is 0 Å². The van der Waals surface area contributed by atoms with Crippen molar-refractivity contribution in [3.05, 3.63) is 72.8 Å². The molecule has 1 unspecified atom stereocenters. The van der Waals surface area contributed by atoms with Crippen LogP contribution in [-0.4, -0.2) is 21.9 Å². The Balaban J connectivity index is 1.75. The second kappa shape index (κ2) is 5.15. The van der Waals surface area contributed by atoms with Gasteiger partial charge in [-0.15, -0.1) is 0 Å². The van der Waals surface area contributed by atoms with E-state index in [0.29, 0.717) is 17.9 Å². The Morgan fingerprint density at radius 1 is 1.09 bits per heavy atom. The molecule has 2 aromatic carbocycles. The van der Waals surface area contributed by atoms with Gasteiger partial charge in [0.25, 0.3) is 0 Å². The van der Waals surface area contributed by atoms with Crippen LogP contribution in [-0.2, 0) is 0 Å². The van der Waals surface area contributed by atoms with Gasteiger partial charge in [-0.25, -0.2) is 4.98 Å². The normalized spacial score (nSPS) is 16.9. The zero-order valence-corrected chi connectivity index (χ0v) is 11.8. The van der Waals surface area contributed by atoms with E-state index in [1.165, 1.54) is 0 Å². The van der Waals surface area contributed by atoms with Gasteiger partial charge in [0.15, 0.2) is 5.78 Å². The number of fused-ring (bicyclic) bond motifs is 1. The molecule has 0 N–H and O–H groups in total. The summed E-state index contributed by atoms with van der Waals surface area (Å²) in [4.78, 5) is 16.8. The van der Waals surface area contributed by atoms with Crippen LogP contribution < -0.4 is 4.74 Å². The lowest BCUT2D eigenvalue weighted by molar-refractivity contribution is 0.0841. The van der Waals surface area contributed by atoms with E-state index < -0.39 is 0 Å². The number of imidazole rings is 1. The second-order valence-corrected chi connectivity index (χ2v) is 5.28. The summed E-state index contributed by atoms with van der Waals surface area (Å²) in [7, 11) is 0. The quantitative estimate of drug-likeness (QED) is 0.727. The van der Waals surface area contributed by atoms with E-state index in [0.717, 1.165) is 11.1 Å². The Labute approximate surface area is 128 Å². The fourth-order valence-corrected chi connectivity index (χ4v) is 2.76. The van der Waals surface area contributed by atoms with Gasteiger partial charge >= 0.3 is 0 Å². The van der Waals surface area contributed by atoms with Crippen LogP contribution in [0.25, 0.3) is 11.1 Å². The van der Waals surface area contributed by atoms with E-state index in [2.05, 4.69) is 4.98 Å². The number of benzene rings is 2. The van der Waals surface area contributed by atoms with Crippen molar-refractivity contribution in [1.82, 2.24) is 9.55 Å². The number of hydrogen-bond donors (Lipinski definition) is 0. The topological polar surface area (TPSA) is 44.1 Å². The Morgan fingerprint density at radius 2 is 1.95 bits per heavy atom. The van der Waals surface area contributed by atoms with Crippen LogP contribution in [0.5, 0.6) is 5.75 Å². The molecule has 1 aliphatic heterocycles. The number of nitrogens with zero attached hydrogens (tertiary/aromatic N) is 2. The minimum Gasteiger partial charge on any atom is -0.490 e. The smallest absolute Gasteiger partial charge is 0.192 e. The molecule has 22 heavy (non-hydrogen) atoms. The first kappa shape index (κ1) is 12.8. The van der Waals surface area contributed by atoms with Crippen molar-refractivity contribution >= 4 is 5.78 Å². The molecule has 4 heteroatoms. The van der Waals surface area contributed by atoms with Gasteiger partial charge in [0, 0.05) is 12.4 Å². The molecule has 0 fully saturated rings. The van der Waals surface area contributed by atoms with Crippen molar-refractivity contribution < 1.29 is 9.53 Å². The van der Waals surface area contributed by atoms with Gasteiger partial charge in [-0.05, 0) is 23.3 Å². The lowest BCUT2D eigenvalue weighted by Crippen LogP contribution is -2.29. The molecule has 0 radical (unpaired) electrons. The Morgan fingerprint density at radius 3 is 2.73 bits per heavy atom. The molecule has 0 aliphatic carbocycles. The zero-order chi connectivity index (χ0) is 14.9. The Hall–Kier alpha value is -2.88. The molecule has 3 aromatic rings. The molecule has 0 saturated heterocycles. The number of ether oxygens (including phenoxy) is 1. The molecule has 2 heterocycles. The minimum absolute atomic E-state index is 0.0667. The summed E-state index contributed by atoms with van der Waals surface area (Å²) in [5.74, 6) is 0.720. The zero-order valence-electron chi connectivity index (χ0n) is 11.8. The van der Waals surface area contributed by atoms with Crippen LogP contribution in [0.4, 0.5) is 0 Å². The predicted octanol–water partition coefficient (Wildman–Crippen LogP) is 3.37.